The molecular weight excluding hydrogens is 278 g/mol. The van der Waals surface area contributed by atoms with Gasteiger partial charge in [0.05, 0.1) is 22.2 Å². The van der Waals surface area contributed by atoms with E-state index in [4.69, 9.17) is 16.7 Å². The molecular formula is C15H20ClNO3. The van der Waals surface area contributed by atoms with Crippen LogP contribution in [0.15, 0.2) is 18.2 Å². The van der Waals surface area contributed by atoms with Crippen molar-refractivity contribution in [3.63, 3.8) is 0 Å². The van der Waals surface area contributed by atoms with Crippen LogP contribution in [0.3, 0.4) is 0 Å². The average Bonchev–Trinajstić information content (AvgIpc) is 2.38. The smallest absolute Gasteiger partial charge is 0.310 e. The van der Waals surface area contributed by atoms with E-state index < -0.39 is 17.5 Å². The number of anilines is 1. The van der Waals surface area contributed by atoms with Crippen LogP contribution in [0.5, 0.6) is 0 Å². The predicted molar refractivity (Wildman–Crippen MR) is 79.6 cm³/mol. The van der Waals surface area contributed by atoms with Crippen LogP contribution < -0.4 is 4.90 Å². The number of hydrogen-bond donors (Lipinski definition) is 2. The number of piperidine rings is 1. The van der Waals surface area contributed by atoms with Crippen LogP contribution in [0.1, 0.15) is 38.2 Å². The highest BCUT2D eigenvalue weighted by molar-refractivity contribution is 6.33. The van der Waals surface area contributed by atoms with Crippen LogP contribution in [-0.4, -0.2) is 34.9 Å². The second-order valence-corrected chi connectivity index (χ2v) is 6.16. The van der Waals surface area contributed by atoms with E-state index in [1.807, 2.05) is 19.1 Å². The fourth-order valence-electron chi connectivity index (χ4n) is 2.42. The van der Waals surface area contributed by atoms with Gasteiger partial charge >= 0.3 is 5.97 Å². The van der Waals surface area contributed by atoms with Gasteiger partial charge in [0.25, 0.3) is 0 Å². The molecule has 0 radical (unpaired) electrons. The maximum absolute atomic E-state index is 11.0. The molecule has 1 saturated heterocycles. The van der Waals surface area contributed by atoms with Crippen LogP contribution in [0.2, 0.25) is 5.02 Å². The number of carbonyl (C=O) groups is 1. The molecule has 1 aliphatic heterocycles. The van der Waals surface area contributed by atoms with Crippen molar-refractivity contribution in [1.82, 2.24) is 0 Å². The molecule has 20 heavy (non-hydrogen) atoms. The molecule has 0 saturated carbocycles. The number of carboxylic acid groups (broad SMARTS) is 1. The third-order valence-electron chi connectivity index (χ3n) is 4.02. The fraction of sp³-hybridized carbons (Fsp3) is 0.533. The first kappa shape index (κ1) is 15.1. The van der Waals surface area contributed by atoms with E-state index in [0.29, 0.717) is 23.4 Å². The molecule has 110 valence electrons. The Morgan fingerprint density at radius 2 is 2.00 bits per heavy atom. The summed E-state index contributed by atoms with van der Waals surface area (Å²) < 4.78 is 0. The summed E-state index contributed by atoms with van der Waals surface area (Å²) in [7, 11) is 0. The van der Waals surface area contributed by atoms with Gasteiger partial charge < -0.3 is 15.1 Å². The van der Waals surface area contributed by atoms with Crippen molar-refractivity contribution in [1.29, 1.82) is 0 Å². The molecule has 0 bridgehead atoms. The Morgan fingerprint density at radius 1 is 1.40 bits per heavy atom. The van der Waals surface area contributed by atoms with Crippen molar-refractivity contribution in [3.8, 4) is 0 Å². The Bertz CT molecular complexity index is 506. The Morgan fingerprint density at radius 3 is 2.50 bits per heavy atom. The summed E-state index contributed by atoms with van der Waals surface area (Å²) in [5.74, 6) is -1.42. The molecule has 1 aliphatic rings. The lowest BCUT2D eigenvalue weighted by atomic mass is 9.93. The molecule has 1 unspecified atom stereocenters. The number of halogens is 1. The molecule has 4 nitrogen and oxygen atoms in total. The van der Waals surface area contributed by atoms with E-state index in [1.165, 1.54) is 0 Å². The van der Waals surface area contributed by atoms with Gasteiger partial charge in [-0.05, 0) is 44.4 Å². The van der Waals surface area contributed by atoms with Crippen molar-refractivity contribution in [2.75, 3.05) is 18.0 Å². The number of hydrogen-bond acceptors (Lipinski definition) is 3. The Balaban J connectivity index is 2.16. The van der Waals surface area contributed by atoms with Gasteiger partial charge in [0, 0.05) is 13.1 Å². The van der Waals surface area contributed by atoms with Gasteiger partial charge in [0.2, 0.25) is 0 Å². The largest absolute Gasteiger partial charge is 0.481 e. The summed E-state index contributed by atoms with van der Waals surface area (Å²) in [5, 5.41) is 19.5. The normalized spacial score (nSPS) is 19.7. The topological polar surface area (TPSA) is 60.8 Å². The maximum atomic E-state index is 11.0. The van der Waals surface area contributed by atoms with Gasteiger partial charge in [-0.1, -0.05) is 17.7 Å². The highest BCUT2D eigenvalue weighted by atomic mass is 35.5. The average molecular weight is 298 g/mol. The molecule has 0 aromatic heterocycles. The summed E-state index contributed by atoms with van der Waals surface area (Å²) in [5.41, 5.74) is 1.01. The fourth-order valence-corrected chi connectivity index (χ4v) is 2.73. The molecule has 0 amide bonds. The van der Waals surface area contributed by atoms with Crippen LogP contribution in [0.4, 0.5) is 5.69 Å². The lowest BCUT2D eigenvalue weighted by Crippen LogP contribution is -2.42. The molecule has 0 aliphatic carbocycles. The number of rotatable bonds is 3. The van der Waals surface area contributed by atoms with E-state index in [-0.39, 0.29) is 0 Å². The van der Waals surface area contributed by atoms with Gasteiger partial charge in [0.15, 0.2) is 0 Å². The molecule has 5 heteroatoms. The lowest BCUT2D eigenvalue weighted by molar-refractivity contribution is -0.138. The minimum absolute atomic E-state index is 0.566. The van der Waals surface area contributed by atoms with Gasteiger partial charge in [-0.2, -0.15) is 0 Å². The van der Waals surface area contributed by atoms with Gasteiger partial charge in [-0.15, -0.1) is 0 Å². The SMILES string of the molecule is CC(C(=O)O)c1ccc(N2CCC(C)(O)CC2)c(Cl)c1. The first-order valence-corrected chi connectivity index (χ1v) is 7.17. The van der Waals surface area contributed by atoms with Gasteiger partial charge in [-0.25, -0.2) is 0 Å². The summed E-state index contributed by atoms with van der Waals surface area (Å²) in [4.78, 5) is 13.1. The van der Waals surface area contributed by atoms with Crippen LogP contribution in [-0.2, 0) is 4.79 Å². The summed E-state index contributed by atoms with van der Waals surface area (Å²) in [6.07, 6.45) is 1.41. The van der Waals surface area contributed by atoms with E-state index in [0.717, 1.165) is 18.8 Å². The highest BCUT2D eigenvalue weighted by Gasteiger charge is 2.28. The monoisotopic (exact) mass is 297 g/mol. The zero-order chi connectivity index (χ0) is 14.9. The van der Waals surface area contributed by atoms with Crippen molar-refractivity contribution < 1.29 is 15.0 Å². The van der Waals surface area contributed by atoms with Crippen LogP contribution in [0.25, 0.3) is 0 Å². The number of benzene rings is 1. The van der Waals surface area contributed by atoms with E-state index in [2.05, 4.69) is 4.90 Å². The third kappa shape index (κ3) is 3.25. The van der Waals surface area contributed by atoms with Crippen LogP contribution in [0, 0.1) is 0 Å². The maximum Gasteiger partial charge on any atom is 0.310 e. The predicted octanol–water partition coefficient (Wildman–Crippen LogP) is 2.88. The second-order valence-electron chi connectivity index (χ2n) is 5.75. The standard InChI is InChI=1S/C15H20ClNO3/c1-10(14(18)19)11-3-4-13(12(16)9-11)17-7-5-15(2,20)6-8-17/h3-4,9-10,20H,5-8H2,1-2H3,(H,18,19). The Labute approximate surface area is 124 Å². The number of nitrogens with zero attached hydrogens (tertiary/aromatic N) is 1. The minimum Gasteiger partial charge on any atom is -0.481 e. The minimum atomic E-state index is -0.858. The molecule has 1 aromatic carbocycles. The molecule has 0 spiro atoms. The quantitative estimate of drug-likeness (QED) is 0.900. The molecule has 1 fully saturated rings. The van der Waals surface area contributed by atoms with Crippen molar-refractivity contribution in [2.45, 2.75) is 38.2 Å². The first-order valence-electron chi connectivity index (χ1n) is 6.80. The number of carboxylic acids is 1. The van der Waals surface area contributed by atoms with Crippen LogP contribution >= 0.6 is 11.6 Å². The van der Waals surface area contributed by atoms with Gasteiger partial charge in [-0.3, -0.25) is 4.79 Å². The number of aliphatic carboxylic acids is 1. The third-order valence-corrected chi connectivity index (χ3v) is 4.33. The summed E-state index contributed by atoms with van der Waals surface area (Å²) in [6, 6.07) is 5.41. The molecule has 2 N–H and O–H groups in total. The lowest BCUT2D eigenvalue weighted by Gasteiger charge is -2.37. The van der Waals surface area contributed by atoms with E-state index in [1.54, 1.807) is 13.0 Å². The molecule has 2 rings (SSSR count). The Kier molecular flexibility index (Phi) is 4.25. The van der Waals surface area contributed by atoms with Crippen molar-refractivity contribution in [3.05, 3.63) is 28.8 Å². The van der Waals surface area contributed by atoms with Crippen molar-refractivity contribution >= 4 is 23.3 Å². The molecule has 1 atom stereocenters. The zero-order valence-corrected chi connectivity index (χ0v) is 12.5. The zero-order valence-electron chi connectivity index (χ0n) is 11.8. The van der Waals surface area contributed by atoms with Gasteiger partial charge in [0.1, 0.15) is 0 Å². The molecule has 1 heterocycles. The summed E-state index contributed by atoms with van der Waals surface area (Å²) in [6.45, 7) is 5.00. The Hall–Kier alpha value is -1.26. The second kappa shape index (κ2) is 5.62. The number of aliphatic hydroxyl groups is 1. The first-order chi connectivity index (χ1) is 9.30. The van der Waals surface area contributed by atoms with E-state index >= 15 is 0 Å². The van der Waals surface area contributed by atoms with E-state index in [9.17, 15) is 9.90 Å². The summed E-state index contributed by atoms with van der Waals surface area (Å²) >= 11 is 6.29. The van der Waals surface area contributed by atoms with Crippen molar-refractivity contribution in [2.24, 2.45) is 0 Å². The molecule has 1 aromatic rings. The highest BCUT2D eigenvalue weighted by Crippen LogP contribution is 2.33.